The van der Waals surface area contributed by atoms with Gasteiger partial charge in [-0.1, -0.05) is 6.07 Å². The summed E-state index contributed by atoms with van der Waals surface area (Å²) in [5.74, 6) is -0.364. The molecule has 0 aliphatic heterocycles. The normalized spacial score (nSPS) is 17.4. The number of carbonyl (C=O) groups excluding carboxylic acids is 2. The van der Waals surface area contributed by atoms with Crippen molar-refractivity contribution >= 4 is 17.5 Å². The topological polar surface area (TPSA) is 84.2 Å². The highest BCUT2D eigenvalue weighted by Crippen LogP contribution is 2.30. The molecule has 19 heavy (non-hydrogen) atoms. The van der Waals surface area contributed by atoms with Crippen LogP contribution in [0.15, 0.2) is 18.2 Å². The van der Waals surface area contributed by atoms with Crippen LogP contribution in [0, 0.1) is 0 Å². The van der Waals surface area contributed by atoms with Crippen LogP contribution in [0.5, 0.6) is 0 Å². The molecule has 0 bridgehead atoms. The molecule has 1 aromatic carbocycles. The number of benzene rings is 1. The zero-order valence-corrected chi connectivity index (χ0v) is 11.0. The first kappa shape index (κ1) is 13.4. The average Bonchev–Trinajstić information content (AvgIpc) is 2.36. The molecule has 0 saturated carbocycles. The lowest BCUT2D eigenvalue weighted by Crippen LogP contribution is -2.38. The van der Waals surface area contributed by atoms with Crippen LogP contribution in [0.25, 0.3) is 0 Å². The Morgan fingerprint density at radius 3 is 2.95 bits per heavy atom. The highest BCUT2D eigenvalue weighted by atomic mass is 16.2. The number of nitrogens with two attached hydrogens (primary N) is 1. The number of hydrogen-bond acceptors (Lipinski definition) is 3. The molecular formula is C14H19N3O2. The molecular weight excluding hydrogens is 242 g/mol. The van der Waals surface area contributed by atoms with Crippen molar-refractivity contribution in [1.82, 2.24) is 10.6 Å². The van der Waals surface area contributed by atoms with E-state index in [0.29, 0.717) is 0 Å². The number of anilines is 1. The van der Waals surface area contributed by atoms with E-state index in [1.165, 1.54) is 12.5 Å². The van der Waals surface area contributed by atoms with E-state index < -0.39 is 0 Å². The summed E-state index contributed by atoms with van der Waals surface area (Å²) >= 11 is 0. The fraction of sp³-hybridized carbons (Fsp3) is 0.429. The lowest BCUT2D eigenvalue weighted by atomic mass is 9.87. The summed E-state index contributed by atoms with van der Waals surface area (Å²) < 4.78 is 0. The largest absolute Gasteiger partial charge is 0.399 e. The Balaban J connectivity index is 2.03. The first-order valence-corrected chi connectivity index (χ1v) is 6.48. The number of aryl methyl sites for hydroxylation is 1. The van der Waals surface area contributed by atoms with Gasteiger partial charge in [-0.3, -0.25) is 9.59 Å². The maximum Gasteiger partial charge on any atom is 0.239 e. The standard InChI is InChI=1S/C14H19N3O2/c1-9(18)16-8-14(19)17-13-4-2-3-10-7-11(15)5-6-12(10)13/h5-7,13H,2-4,8,15H2,1H3,(H,16,18)(H,17,19). The molecule has 1 atom stereocenters. The van der Waals surface area contributed by atoms with Gasteiger partial charge in [0.15, 0.2) is 0 Å². The Bertz CT molecular complexity index is 499. The molecule has 102 valence electrons. The molecule has 2 rings (SSSR count). The van der Waals surface area contributed by atoms with Gasteiger partial charge >= 0.3 is 0 Å². The molecule has 4 N–H and O–H groups in total. The molecule has 0 heterocycles. The van der Waals surface area contributed by atoms with Gasteiger partial charge < -0.3 is 16.4 Å². The molecule has 1 unspecified atom stereocenters. The molecule has 1 aliphatic rings. The van der Waals surface area contributed by atoms with Gasteiger partial charge in [-0.15, -0.1) is 0 Å². The summed E-state index contributed by atoms with van der Waals surface area (Å²) in [6.45, 7) is 1.42. The van der Waals surface area contributed by atoms with Gasteiger partial charge in [-0.2, -0.15) is 0 Å². The van der Waals surface area contributed by atoms with Crippen LogP contribution in [-0.4, -0.2) is 18.4 Å². The van der Waals surface area contributed by atoms with Crippen LogP contribution in [0.3, 0.4) is 0 Å². The summed E-state index contributed by atoms with van der Waals surface area (Å²) in [4.78, 5) is 22.5. The van der Waals surface area contributed by atoms with Crippen LogP contribution < -0.4 is 16.4 Å². The third-order valence-corrected chi connectivity index (χ3v) is 3.31. The summed E-state index contributed by atoms with van der Waals surface area (Å²) in [7, 11) is 0. The van der Waals surface area contributed by atoms with Crippen molar-refractivity contribution in [3.63, 3.8) is 0 Å². The fourth-order valence-corrected chi connectivity index (χ4v) is 2.43. The minimum Gasteiger partial charge on any atom is -0.399 e. The minimum absolute atomic E-state index is 0.0191. The second-order valence-electron chi connectivity index (χ2n) is 4.88. The van der Waals surface area contributed by atoms with E-state index in [1.54, 1.807) is 0 Å². The van der Waals surface area contributed by atoms with Crippen molar-refractivity contribution < 1.29 is 9.59 Å². The van der Waals surface area contributed by atoms with Crippen molar-refractivity contribution in [2.24, 2.45) is 0 Å². The van der Waals surface area contributed by atoms with E-state index in [1.807, 2.05) is 18.2 Å². The number of amides is 2. The number of fused-ring (bicyclic) bond motifs is 1. The summed E-state index contributed by atoms with van der Waals surface area (Å²) in [6.07, 6.45) is 2.95. The van der Waals surface area contributed by atoms with Crippen LogP contribution >= 0.6 is 0 Å². The second-order valence-corrected chi connectivity index (χ2v) is 4.88. The van der Waals surface area contributed by atoms with Crippen molar-refractivity contribution in [3.05, 3.63) is 29.3 Å². The van der Waals surface area contributed by atoms with Gasteiger partial charge in [-0.25, -0.2) is 0 Å². The van der Waals surface area contributed by atoms with Gasteiger partial charge in [0.25, 0.3) is 0 Å². The van der Waals surface area contributed by atoms with Gasteiger partial charge in [0, 0.05) is 12.6 Å². The van der Waals surface area contributed by atoms with E-state index in [0.717, 1.165) is 30.5 Å². The Morgan fingerprint density at radius 2 is 2.21 bits per heavy atom. The molecule has 2 amide bonds. The molecule has 0 fully saturated rings. The number of nitrogen functional groups attached to an aromatic ring is 1. The molecule has 5 heteroatoms. The highest BCUT2D eigenvalue weighted by Gasteiger charge is 2.21. The van der Waals surface area contributed by atoms with E-state index in [-0.39, 0.29) is 24.4 Å². The predicted octanol–water partition coefficient (Wildman–Crippen LogP) is 0.898. The molecule has 1 aromatic rings. The van der Waals surface area contributed by atoms with Gasteiger partial charge in [0.2, 0.25) is 11.8 Å². The minimum atomic E-state index is -0.202. The smallest absolute Gasteiger partial charge is 0.239 e. The zero-order valence-electron chi connectivity index (χ0n) is 11.0. The third-order valence-electron chi connectivity index (χ3n) is 3.31. The number of nitrogens with one attached hydrogen (secondary N) is 2. The van der Waals surface area contributed by atoms with Crippen LogP contribution in [0.2, 0.25) is 0 Å². The molecule has 5 nitrogen and oxygen atoms in total. The quantitative estimate of drug-likeness (QED) is 0.707. The van der Waals surface area contributed by atoms with Crippen LogP contribution in [0.4, 0.5) is 5.69 Å². The Labute approximate surface area is 112 Å². The monoisotopic (exact) mass is 261 g/mol. The predicted molar refractivity (Wildman–Crippen MR) is 73.4 cm³/mol. The van der Waals surface area contributed by atoms with E-state index in [4.69, 9.17) is 5.73 Å². The highest BCUT2D eigenvalue weighted by molar-refractivity contribution is 5.83. The average molecular weight is 261 g/mol. The van der Waals surface area contributed by atoms with E-state index >= 15 is 0 Å². The van der Waals surface area contributed by atoms with Gasteiger partial charge in [0.1, 0.15) is 0 Å². The summed E-state index contributed by atoms with van der Waals surface area (Å²) in [5.41, 5.74) is 8.87. The first-order chi connectivity index (χ1) is 9.06. The SMILES string of the molecule is CC(=O)NCC(=O)NC1CCCc2cc(N)ccc21. The second kappa shape index (κ2) is 5.73. The summed E-state index contributed by atoms with van der Waals surface area (Å²) in [6, 6.07) is 5.83. The first-order valence-electron chi connectivity index (χ1n) is 6.48. The van der Waals surface area contributed by atoms with E-state index in [2.05, 4.69) is 10.6 Å². The summed E-state index contributed by atoms with van der Waals surface area (Å²) in [5, 5.41) is 5.45. The van der Waals surface area contributed by atoms with Gasteiger partial charge in [-0.05, 0) is 42.5 Å². The Kier molecular flexibility index (Phi) is 4.04. The number of rotatable bonds is 3. The van der Waals surface area contributed by atoms with Crippen molar-refractivity contribution in [2.75, 3.05) is 12.3 Å². The zero-order chi connectivity index (χ0) is 13.8. The molecule has 0 spiro atoms. The maximum absolute atomic E-state index is 11.7. The van der Waals surface area contributed by atoms with Crippen molar-refractivity contribution in [1.29, 1.82) is 0 Å². The van der Waals surface area contributed by atoms with Crippen LogP contribution in [0.1, 0.15) is 36.9 Å². The van der Waals surface area contributed by atoms with Crippen LogP contribution in [-0.2, 0) is 16.0 Å². The number of carbonyl (C=O) groups is 2. The Morgan fingerprint density at radius 1 is 1.42 bits per heavy atom. The maximum atomic E-state index is 11.7. The molecule has 0 radical (unpaired) electrons. The number of hydrogen-bond donors (Lipinski definition) is 3. The Hall–Kier alpha value is -2.04. The van der Waals surface area contributed by atoms with E-state index in [9.17, 15) is 9.59 Å². The lowest BCUT2D eigenvalue weighted by molar-refractivity contribution is -0.125. The van der Waals surface area contributed by atoms with Crippen molar-refractivity contribution in [3.8, 4) is 0 Å². The molecule has 1 aliphatic carbocycles. The molecule has 0 saturated heterocycles. The lowest BCUT2D eigenvalue weighted by Gasteiger charge is -2.26. The van der Waals surface area contributed by atoms with Crippen molar-refractivity contribution in [2.45, 2.75) is 32.2 Å². The fourth-order valence-electron chi connectivity index (χ4n) is 2.43. The molecule has 0 aromatic heterocycles. The third kappa shape index (κ3) is 3.47. The van der Waals surface area contributed by atoms with Gasteiger partial charge in [0.05, 0.1) is 12.6 Å².